The van der Waals surface area contributed by atoms with Crippen LogP contribution in [0.5, 0.6) is 23.0 Å². The van der Waals surface area contributed by atoms with Crippen LogP contribution in [0.1, 0.15) is 68.2 Å². The number of carbonyl (C=O) groups is 1. The molecule has 0 fully saturated rings. The van der Waals surface area contributed by atoms with Crippen molar-refractivity contribution in [3.8, 4) is 23.0 Å². The summed E-state index contributed by atoms with van der Waals surface area (Å²) < 4.78 is 24.5. The van der Waals surface area contributed by atoms with Crippen molar-refractivity contribution in [2.75, 3.05) is 19.8 Å². The molecule has 178 valence electrons. The largest absolute Gasteiger partial charge is 0.489 e. The van der Waals surface area contributed by atoms with Crippen LogP contribution in [0.15, 0.2) is 18.2 Å². The van der Waals surface area contributed by atoms with E-state index in [1.165, 1.54) is 6.92 Å². The van der Waals surface area contributed by atoms with Crippen molar-refractivity contribution in [1.82, 2.24) is 0 Å². The molecule has 0 aliphatic rings. The Morgan fingerprint density at radius 2 is 1.41 bits per heavy atom. The molecular formula is C26H37ClO5. The second-order valence-electron chi connectivity index (χ2n) is 10.5. The first-order valence-corrected chi connectivity index (χ1v) is 11.6. The summed E-state index contributed by atoms with van der Waals surface area (Å²) >= 11 is 6.32. The normalized spacial score (nSPS) is 12.0. The van der Waals surface area contributed by atoms with Crippen molar-refractivity contribution in [2.45, 2.75) is 68.2 Å². The summed E-state index contributed by atoms with van der Waals surface area (Å²) in [6.07, 6.45) is 1.90. The van der Waals surface area contributed by atoms with Gasteiger partial charge in [0.25, 0.3) is 0 Å². The summed E-state index contributed by atoms with van der Waals surface area (Å²) in [5, 5.41) is 1.93. The van der Waals surface area contributed by atoms with Crippen LogP contribution in [-0.2, 0) is 4.79 Å². The summed E-state index contributed by atoms with van der Waals surface area (Å²) in [6, 6.07) is 5.42. The van der Waals surface area contributed by atoms with Crippen LogP contribution in [0.4, 0.5) is 0 Å². The van der Waals surface area contributed by atoms with Gasteiger partial charge in [-0.05, 0) is 35.4 Å². The average Bonchev–Trinajstić information content (AvgIpc) is 2.65. The summed E-state index contributed by atoms with van der Waals surface area (Å²) in [4.78, 5) is 12.0. The summed E-state index contributed by atoms with van der Waals surface area (Å²) in [5.74, 6) is 1.24. The molecule has 0 bridgehead atoms. The molecule has 0 atom stereocenters. The molecule has 0 aliphatic carbocycles. The first-order valence-electron chi connectivity index (χ1n) is 11.2. The van der Waals surface area contributed by atoms with Crippen molar-refractivity contribution >= 4 is 28.3 Å². The third kappa shape index (κ3) is 7.47. The van der Waals surface area contributed by atoms with Crippen LogP contribution >= 0.6 is 11.6 Å². The molecule has 0 saturated heterocycles. The molecule has 0 unspecified atom stereocenters. The molecule has 2 aromatic rings. The Morgan fingerprint density at radius 3 is 1.91 bits per heavy atom. The average molecular weight is 465 g/mol. The van der Waals surface area contributed by atoms with Gasteiger partial charge in [-0.2, -0.15) is 0 Å². The van der Waals surface area contributed by atoms with Gasteiger partial charge < -0.3 is 18.9 Å². The molecule has 0 heterocycles. The lowest BCUT2D eigenvalue weighted by molar-refractivity contribution is -0.131. The van der Waals surface area contributed by atoms with Gasteiger partial charge in [0.1, 0.15) is 0 Å². The standard InChI is InChI=1S/C26H37ClO5/c1-9-10-13-29-21-19-12-11-18(27)14-20(19)22(32-17(2)28)24(31-16-26(6,7)8)23(21)30-15-25(3,4)5/h11-12,14H,9-10,13,15-16H2,1-8H3. The highest BCUT2D eigenvalue weighted by Gasteiger charge is 2.28. The van der Waals surface area contributed by atoms with Gasteiger partial charge in [0.15, 0.2) is 11.5 Å². The van der Waals surface area contributed by atoms with E-state index in [2.05, 4.69) is 48.5 Å². The minimum Gasteiger partial charge on any atom is -0.489 e. The molecule has 6 heteroatoms. The Hall–Kier alpha value is -2.14. The van der Waals surface area contributed by atoms with Crippen molar-refractivity contribution in [3.63, 3.8) is 0 Å². The van der Waals surface area contributed by atoms with E-state index in [1.54, 1.807) is 12.1 Å². The number of benzene rings is 2. The maximum atomic E-state index is 12.0. The number of halogens is 1. The second kappa shape index (κ2) is 10.7. The number of ether oxygens (including phenoxy) is 4. The molecule has 0 spiro atoms. The van der Waals surface area contributed by atoms with Crippen molar-refractivity contribution in [3.05, 3.63) is 23.2 Å². The number of rotatable bonds is 9. The van der Waals surface area contributed by atoms with E-state index in [0.717, 1.165) is 18.2 Å². The van der Waals surface area contributed by atoms with Crippen molar-refractivity contribution < 1.29 is 23.7 Å². The number of hydrogen-bond acceptors (Lipinski definition) is 5. The van der Waals surface area contributed by atoms with Crippen LogP contribution in [0.25, 0.3) is 10.8 Å². The van der Waals surface area contributed by atoms with Gasteiger partial charge in [-0.15, -0.1) is 0 Å². The van der Waals surface area contributed by atoms with E-state index in [0.29, 0.717) is 53.2 Å². The fraction of sp³-hybridized carbons (Fsp3) is 0.577. The second-order valence-corrected chi connectivity index (χ2v) is 10.9. The number of unbranched alkanes of at least 4 members (excludes halogenated alkanes) is 1. The summed E-state index contributed by atoms with van der Waals surface area (Å²) in [5.41, 5.74) is -0.222. The molecule has 0 radical (unpaired) electrons. The molecule has 0 saturated carbocycles. The Morgan fingerprint density at radius 1 is 0.844 bits per heavy atom. The van der Waals surface area contributed by atoms with Gasteiger partial charge in [0.05, 0.1) is 19.8 Å². The lowest BCUT2D eigenvalue weighted by atomic mass is 9.98. The number of esters is 1. The van der Waals surface area contributed by atoms with Crippen LogP contribution < -0.4 is 18.9 Å². The van der Waals surface area contributed by atoms with Crippen LogP contribution in [0.2, 0.25) is 5.02 Å². The molecule has 5 nitrogen and oxygen atoms in total. The van der Waals surface area contributed by atoms with Gasteiger partial charge in [0.2, 0.25) is 11.5 Å². The fourth-order valence-electron chi connectivity index (χ4n) is 2.90. The smallest absolute Gasteiger partial charge is 0.308 e. The zero-order valence-corrected chi connectivity index (χ0v) is 21.4. The quantitative estimate of drug-likeness (QED) is 0.219. The Bertz CT molecular complexity index is 938. The molecule has 32 heavy (non-hydrogen) atoms. The first-order chi connectivity index (χ1) is 14.8. The molecule has 0 aromatic heterocycles. The Labute approximate surface area is 197 Å². The van der Waals surface area contributed by atoms with E-state index in [-0.39, 0.29) is 10.8 Å². The summed E-state index contributed by atoms with van der Waals surface area (Å²) in [7, 11) is 0. The maximum Gasteiger partial charge on any atom is 0.308 e. The Kier molecular flexibility index (Phi) is 8.69. The highest BCUT2D eigenvalue weighted by molar-refractivity contribution is 6.31. The van der Waals surface area contributed by atoms with Crippen molar-refractivity contribution in [2.24, 2.45) is 10.8 Å². The lowest BCUT2D eigenvalue weighted by Gasteiger charge is -2.27. The van der Waals surface area contributed by atoms with Gasteiger partial charge in [-0.25, -0.2) is 0 Å². The van der Waals surface area contributed by atoms with E-state index < -0.39 is 5.97 Å². The van der Waals surface area contributed by atoms with Gasteiger partial charge in [-0.3, -0.25) is 4.79 Å². The van der Waals surface area contributed by atoms with Crippen LogP contribution in [0, 0.1) is 10.8 Å². The van der Waals surface area contributed by atoms with E-state index in [4.69, 9.17) is 30.5 Å². The van der Waals surface area contributed by atoms with E-state index in [1.807, 2.05) is 6.07 Å². The highest BCUT2D eigenvalue weighted by atomic mass is 35.5. The molecule has 0 amide bonds. The molecular weight excluding hydrogens is 428 g/mol. The molecule has 0 N–H and O–H groups in total. The molecule has 0 aliphatic heterocycles. The first kappa shape index (κ1) is 26.1. The van der Waals surface area contributed by atoms with E-state index >= 15 is 0 Å². The number of fused-ring (bicyclic) bond motifs is 1. The van der Waals surface area contributed by atoms with E-state index in [9.17, 15) is 4.79 Å². The minimum absolute atomic E-state index is 0.0987. The van der Waals surface area contributed by atoms with Gasteiger partial charge in [-0.1, -0.05) is 66.5 Å². The predicted molar refractivity (Wildman–Crippen MR) is 131 cm³/mol. The third-order valence-corrected chi connectivity index (χ3v) is 4.61. The zero-order chi connectivity index (χ0) is 24.1. The molecule has 2 rings (SSSR count). The Balaban J connectivity index is 2.82. The lowest BCUT2D eigenvalue weighted by Crippen LogP contribution is -2.20. The molecule has 2 aromatic carbocycles. The number of carbonyl (C=O) groups excluding carboxylic acids is 1. The van der Waals surface area contributed by atoms with Crippen LogP contribution in [0.3, 0.4) is 0 Å². The van der Waals surface area contributed by atoms with Gasteiger partial charge in [0, 0.05) is 22.7 Å². The summed E-state index contributed by atoms with van der Waals surface area (Å²) in [6.45, 7) is 17.3. The zero-order valence-electron chi connectivity index (χ0n) is 20.7. The third-order valence-electron chi connectivity index (χ3n) is 4.38. The topological polar surface area (TPSA) is 54.0 Å². The fourth-order valence-corrected chi connectivity index (χ4v) is 3.07. The van der Waals surface area contributed by atoms with Crippen LogP contribution in [-0.4, -0.2) is 25.8 Å². The van der Waals surface area contributed by atoms with Crippen molar-refractivity contribution in [1.29, 1.82) is 0 Å². The number of hydrogen-bond donors (Lipinski definition) is 0. The SMILES string of the molecule is CCCCOc1c(OCC(C)(C)C)c(OCC(C)(C)C)c(OC(C)=O)c2cc(Cl)ccc12. The highest BCUT2D eigenvalue weighted by Crippen LogP contribution is 2.52. The maximum absolute atomic E-state index is 12.0. The predicted octanol–water partition coefficient (Wildman–Crippen LogP) is 7.45. The monoisotopic (exact) mass is 464 g/mol. The van der Waals surface area contributed by atoms with Gasteiger partial charge >= 0.3 is 5.97 Å². The minimum atomic E-state index is -0.451.